The fourth-order valence-corrected chi connectivity index (χ4v) is 4.89. The van der Waals surface area contributed by atoms with Crippen LogP contribution >= 0.6 is 0 Å². The maximum atomic E-state index is 12.6. The van der Waals surface area contributed by atoms with Crippen LogP contribution in [0.1, 0.15) is 67.8 Å². The highest BCUT2D eigenvalue weighted by atomic mass is 16.4. The molecule has 1 aromatic rings. The molecular weight excluding hydrogens is 599 g/mol. The van der Waals surface area contributed by atoms with E-state index in [4.69, 9.17) is 11.5 Å². The Morgan fingerprint density at radius 1 is 1.09 bits per heavy atom. The van der Waals surface area contributed by atoms with Crippen molar-refractivity contribution < 1.29 is 39.1 Å². The molecular formula is C29H47BN8O8. The zero-order valence-electron chi connectivity index (χ0n) is 26.5. The Hall–Kier alpha value is -4.22. The molecule has 1 aliphatic rings. The van der Waals surface area contributed by atoms with Crippen LogP contribution in [0.5, 0.6) is 0 Å². The van der Waals surface area contributed by atoms with Gasteiger partial charge in [-0.3, -0.25) is 29.0 Å². The molecule has 2 rings (SSSR count). The molecule has 254 valence electrons. The van der Waals surface area contributed by atoms with Gasteiger partial charge in [-0.15, -0.1) is 0 Å². The number of aliphatic imine (C=N–C) groups is 1. The number of aliphatic hydroxyl groups excluding tert-OH is 1. The first-order valence-electron chi connectivity index (χ1n) is 15.4. The monoisotopic (exact) mass is 646 g/mol. The molecule has 16 nitrogen and oxygen atoms in total. The lowest BCUT2D eigenvalue weighted by atomic mass is 9.77. The third-order valence-electron chi connectivity index (χ3n) is 7.48. The number of rotatable bonds is 18. The van der Waals surface area contributed by atoms with Gasteiger partial charge in [-0.05, 0) is 49.8 Å². The second-order valence-electron chi connectivity index (χ2n) is 11.2. The summed E-state index contributed by atoms with van der Waals surface area (Å²) in [6.07, 6.45) is 1.72. The summed E-state index contributed by atoms with van der Waals surface area (Å²) in [5, 5.41) is 36.7. The van der Waals surface area contributed by atoms with Gasteiger partial charge in [0, 0.05) is 51.6 Å². The molecule has 0 radical (unpaired) electrons. The van der Waals surface area contributed by atoms with E-state index in [2.05, 4.69) is 20.9 Å². The molecule has 17 heteroatoms. The minimum Gasteiger partial charge on any atom is -0.426 e. The third kappa shape index (κ3) is 13.0. The number of carbonyl (C=O) groups excluding carboxylic acids is 5. The van der Waals surface area contributed by atoms with E-state index in [-0.39, 0.29) is 56.0 Å². The number of aliphatic hydroxyl groups is 1. The molecule has 46 heavy (non-hydrogen) atoms. The first-order valence-corrected chi connectivity index (χ1v) is 15.4. The summed E-state index contributed by atoms with van der Waals surface area (Å²) < 4.78 is 0. The largest absolute Gasteiger partial charge is 0.475 e. The van der Waals surface area contributed by atoms with Crippen LogP contribution in [0.25, 0.3) is 0 Å². The minimum absolute atomic E-state index is 0.0360. The number of nitrogens with one attached hydrogen (secondary N) is 3. The molecule has 1 aliphatic heterocycles. The lowest BCUT2D eigenvalue weighted by Crippen LogP contribution is -2.49. The quantitative estimate of drug-likeness (QED) is 0.0363. The van der Waals surface area contributed by atoms with Crippen molar-refractivity contribution in [1.82, 2.24) is 25.8 Å². The number of guanidine groups is 1. The van der Waals surface area contributed by atoms with Gasteiger partial charge >= 0.3 is 7.12 Å². The Kier molecular flexibility index (Phi) is 16.0. The molecule has 0 aromatic heterocycles. The smallest absolute Gasteiger partial charge is 0.426 e. The van der Waals surface area contributed by atoms with Gasteiger partial charge < -0.3 is 52.4 Å². The molecule has 0 bridgehead atoms. The highest BCUT2D eigenvalue weighted by Crippen LogP contribution is 2.18. The van der Waals surface area contributed by atoms with Gasteiger partial charge in [-0.2, -0.15) is 0 Å². The predicted molar refractivity (Wildman–Crippen MR) is 171 cm³/mol. The van der Waals surface area contributed by atoms with Crippen LogP contribution in [-0.4, -0.2) is 119 Å². The topological polar surface area (TPSA) is 253 Å². The van der Waals surface area contributed by atoms with Gasteiger partial charge in [0.15, 0.2) is 5.96 Å². The summed E-state index contributed by atoms with van der Waals surface area (Å²) in [4.78, 5) is 68.7. The van der Waals surface area contributed by atoms with Crippen LogP contribution in [0.15, 0.2) is 29.3 Å². The first-order chi connectivity index (χ1) is 21.8. The number of benzene rings is 1. The lowest BCUT2D eigenvalue weighted by Gasteiger charge is -2.23. The Bertz CT molecular complexity index is 1210. The first kappa shape index (κ1) is 38.0. The van der Waals surface area contributed by atoms with Crippen molar-refractivity contribution in [3.8, 4) is 0 Å². The Balaban J connectivity index is 1.72. The van der Waals surface area contributed by atoms with Gasteiger partial charge in [-0.25, -0.2) is 0 Å². The van der Waals surface area contributed by atoms with Crippen LogP contribution in [0.4, 0.5) is 0 Å². The average Bonchev–Trinajstić information content (AvgIpc) is 3.42. The third-order valence-corrected chi connectivity index (χ3v) is 7.48. The number of hydrogen-bond donors (Lipinski definition) is 8. The minimum atomic E-state index is -1.79. The molecule has 1 aromatic carbocycles. The maximum Gasteiger partial charge on any atom is 0.475 e. The number of β-amino-alcohol motifs (C(OH)–C–C–N with tert-alkyl or cyclic N) is 1. The van der Waals surface area contributed by atoms with Crippen LogP contribution < -0.4 is 27.4 Å². The van der Waals surface area contributed by atoms with Crippen LogP contribution in [-0.2, 0) is 25.7 Å². The van der Waals surface area contributed by atoms with Gasteiger partial charge in [0.2, 0.25) is 23.6 Å². The Morgan fingerprint density at radius 2 is 1.78 bits per heavy atom. The van der Waals surface area contributed by atoms with E-state index >= 15 is 0 Å². The Labute approximate surface area is 269 Å². The predicted octanol–water partition coefficient (Wildman–Crippen LogP) is -2.42. The van der Waals surface area contributed by atoms with Crippen molar-refractivity contribution in [2.75, 3.05) is 33.2 Å². The number of unbranched alkanes of at least 4 members (excludes halogenated alkanes) is 1. The number of carbonyl (C=O) groups is 5. The number of nitrogens with zero attached hydrogens (tertiary/aromatic N) is 3. The van der Waals surface area contributed by atoms with E-state index in [0.717, 1.165) is 10.5 Å². The van der Waals surface area contributed by atoms with E-state index in [1.54, 1.807) is 43.1 Å². The number of likely N-dealkylation sites (tertiary alicyclic amines) is 1. The van der Waals surface area contributed by atoms with Crippen molar-refractivity contribution in [1.29, 1.82) is 0 Å². The molecule has 0 aliphatic carbocycles. The highest BCUT2D eigenvalue weighted by Gasteiger charge is 2.41. The van der Waals surface area contributed by atoms with Gasteiger partial charge in [0.05, 0.1) is 18.6 Å². The molecule has 3 unspecified atom stereocenters. The molecule has 1 heterocycles. The van der Waals surface area contributed by atoms with E-state index in [9.17, 15) is 39.1 Å². The summed E-state index contributed by atoms with van der Waals surface area (Å²) in [5.74, 6) is -2.63. The molecule has 3 atom stereocenters. The van der Waals surface area contributed by atoms with Crippen molar-refractivity contribution in [2.24, 2.45) is 16.5 Å². The zero-order chi connectivity index (χ0) is 34.2. The summed E-state index contributed by atoms with van der Waals surface area (Å²) in [6.45, 7) is 2.30. The fraction of sp³-hybridized carbons (Fsp3) is 0.586. The maximum absolute atomic E-state index is 12.6. The van der Waals surface area contributed by atoms with E-state index in [1.807, 2.05) is 0 Å². The van der Waals surface area contributed by atoms with Crippen molar-refractivity contribution in [3.63, 3.8) is 0 Å². The van der Waals surface area contributed by atoms with Gasteiger partial charge in [0.1, 0.15) is 6.04 Å². The molecule has 5 amide bonds. The Morgan fingerprint density at radius 3 is 2.41 bits per heavy atom. The van der Waals surface area contributed by atoms with Crippen molar-refractivity contribution in [2.45, 2.75) is 76.5 Å². The highest BCUT2D eigenvalue weighted by molar-refractivity contribution is 6.43. The SMILES string of the molecule is CCC(=O)NC(CCCN=C(N)N)C(=O)NCCCCC(=O)N(C)Cc1ccc(C(=O)NCC(=O)N2CC(O)CC2B(O)O)cc1. The summed E-state index contributed by atoms with van der Waals surface area (Å²) in [6, 6.07) is 5.86. The summed E-state index contributed by atoms with van der Waals surface area (Å²) >= 11 is 0. The van der Waals surface area contributed by atoms with Crippen LogP contribution in [0, 0.1) is 0 Å². The van der Waals surface area contributed by atoms with Crippen molar-refractivity contribution in [3.05, 3.63) is 35.4 Å². The van der Waals surface area contributed by atoms with Gasteiger partial charge in [0.25, 0.3) is 5.91 Å². The van der Waals surface area contributed by atoms with Crippen LogP contribution in [0.3, 0.4) is 0 Å². The summed E-state index contributed by atoms with van der Waals surface area (Å²) in [7, 11) is -0.118. The standard InChI is InChI=1S/C29H47BN8O8/c1-3-24(40)36-22(7-6-14-34-29(31)32)28(44)33-13-5-4-8-25(41)37(2)17-19-9-11-20(12-10-19)27(43)35-16-26(42)38-18-21(39)15-23(38)30(45)46/h9-12,21-23,39,45-46H,3-8,13-18H2,1-2H3,(H,33,44)(H,35,43)(H,36,40)(H4,31,32,34). The second kappa shape index (κ2) is 19.3. The lowest BCUT2D eigenvalue weighted by molar-refractivity contribution is -0.131. The molecule has 1 fully saturated rings. The zero-order valence-corrected chi connectivity index (χ0v) is 26.5. The van der Waals surface area contributed by atoms with E-state index in [1.165, 1.54) is 0 Å². The van der Waals surface area contributed by atoms with Gasteiger partial charge in [-0.1, -0.05) is 19.1 Å². The van der Waals surface area contributed by atoms with Crippen LogP contribution in [0.2, 0.25) is 0 Å². The molecule has 0 saturated carbocycles. The second-order valence-corrected chi connectivity index (χ2v) is 11.2. The number of hydrogen-bond acceptors (Lipinski definition) is 9. The fourth-order valence-electron chi connectivity index (χ4n) is 4.89. The number of amides is 5. The molecule has 0 spiro atoms. The van der Waals surface area contributed by atoms with Crippen molar-refractivity contribution >= 4 is 42.6 Å². The average molecular weight is 647 g/mol. The molecule has 1 saturated heterocycles. The normalized spacial score (nSPS) is 16.2. The summed E-state index contributed by atoms with van der Waals surface area (Å²) in [5.41, 5.74) is 11.7. The van der Waals surface area contributed by atoms with E-state index in [0.29, 0.717) is 50.9 Å². The number of nitrogens with two attached hydrogens (primary N) is 2. The van der Waals surface area contributed by atoms with E-state index < -0.39 is 37.0 Å². The molecule has 10 N–H and O–H groups in total.